The molecular weight excluding hydrogens is 196 g/mol. The summed E-state index contributed by atoms with van der Waals surface area (Å²) in [6.07, 6.45) is 3.52. The molecule has 0 heterocycles. The van der Waals surface area contributed by atoms with Crippen LogP contribution in [0.2, 0.25) is 0 Å². The number of rotatable bonds is 7. The van der Waals surface area contributed by atoms with Crippen LogP contribution in [0, 0.1) is 0 Å². The van der Waals surface area contributed by atoms with Gasteiger partial charge in [-0.3, -0.25) is 0 Å². The molecule has 0 saturated heterocycles. The second kappa shape index (κ2) is 8.44. The van der Waals surface area contributed by atoms with Gasteiger partial charge in [-0.15, -0.1) is 0 Å². The molecule has 0 aromatic heterocycles. The molecule has 0 amide bonds. The molecule has 15 heavy (non-hydrogen) atoms. The Morgan fingerprint density at radius 3 is 2.67 bits per heavy atom. The van der Waals surface area contributed by atoms with Crippen molar-refractivity contribution in [1.82, 2.24) is 0 Å². The summed E-state index contributed by atoms with van der Waals surface area (Å²) in [4.78, 5) is 11.3. The van der Waals surface area contributed by atoms with Crippen molar-refractivity contribution in [2.45, 2.75) is 39.2 Å². The number of hydrogen-bond acceptors (Lipinski definition) is 4. The Hall–Kier alpha value is -0.870. The highest BCUT2D eigenvalue weighted by Gasteiger charge is 2.06. The molecule has 0 aliphatic heterocycles. The summed E-state index contributed by atoms with van der Waals surface area (Å²) in [7, 11) is 0. The first-order valence-corrected chi connectivity index (χ1v) is 5.20. The standard InChI is InChI=1S/C11H20O4/c1-9(6-4-3-5-7-12)11(14)15-8-10(2)13/h6,10,12-13H,3-5,7-8H2,1-2H3. The monoisotopic (exact) mass is 216 g/mol. The topological polar surface area (TPSA) is 66.8 Å². The Morgan fingerprint density at radius 1 is 1.47 bits per heavy atom. The van der Waals surface area contributed by atoms with Gasteiger partial charge in [0.1, 0.15) is 6.61 Å². The molecule has 1 unspecified atom stereocenters. The van der Waals surface area contributed by atoms with Crippen molar-refractivity contribution in [2.24, 2.45) is 0 Å². The van der Waals surface area contributed by atoms with Crippen molar-refractivity contribution in [2.75, 3.05) is 13.2 Å². The predicted molar refractivity (Wildman–Crippen MR) is 57.3 cm³/mol. The lowest BCUT2D eigenvalue weighted by Gasteiger charge is -2.06. The number of hydrogen-bond donors (Lipinski definition) is 2. The fourth-order valence-electron chi connectivity index (χ4n) is 0.968. The lowest BCUT2D eigenvalue weighted by Crippen LogP contribution is -2.15. The van der Waals surface area contributed by atoms with Crippen molar-refractivity contribution in [1.29, 1.82) is 0 Å². The first-order chi connectivity index (χ1) is 7.07. The van der Waals surface area contributed by atoms with Gasteiger partial charge in [-0.1, -0.05) is 6.08 Å². The zero-order valence-electron chi connectivity index (χ0n) is 9.40. The number of carbonyl (C=O) groups is 1. The molecule has 1 atom stereocenters. The molecular formula is C11H20O4. The van der Waals surface area contributed by atoms with Crippen LogP contribution in [-0.4, -0.2) is 35.5 Å². The SMILES string of the molecule is CC(=CCCCCO)C(=O)OCC(C)O. The minimum absolute atomic E-state index is 0.0284. The van der Waals surface area contributed by atoms with Crippen LogP contribution in [-0.2, 0) is 9.53 Å². The van der Waals surface area contributed by atoms with Crippen molar-refractivity contribution in [3.63, 3.8) is 0 Å². The third kappa shape index (κ3) is 8.15. The van der Waals surface area contributed by atoms with Gasteiger partial charge < -0.3 is 14.9 Å². The number of carbonyl (C=O) groups excluding carboxylic acids is 1. The zero-order chi connectivity index (χ0) is 11.7. The molecule has 4 heteroatoms. The van der Waals surface area contributed by atoms with Crippen LogP contribution in [0.15, 0.2) is 11.6 Å². The maximum absolute atomic E-state index is 11.3. The van der Waals surface area contributed by atoms with E-state index >= 15 is 0 Å². The fraction of sp³-hybridized carbons (Fsp3) is 0.727. The normalized spacial score (nSPS) is 13.7. The lowest BCUT2D eigenvalue weighted by molar-refractivity contribution is -0.141. The third-order valence-electron chi connectivity index (χ3n) is 1.84. The number of allylic oxidation sites excluding steroid dienone is 1. The number of aliphatic hydroxyl groups excluding tert-OH is 2. The maximum Gasteiger partial charge on any atom is 0.333 e. The highest BCUT2D eigenvalue weighted by atomic mass is 16.5. The van der Waals surface area contributed by atoms with Gasteiger partial charge in [-0.2, -0.15) is 0 Å². The predicted octanol–water partition coefficient (Wildman–Crippen LogP) is 1.02. The van der Waals surface area contributed by atoms with E-state index in [-0.39, 0.29) is 19.2 Å². The van der Waals surface area contributed by atoms with Crippen molar-refractivity contribution in [3.8, 4) is 0 Å². The first-order valence-electron chi connectivity index (χ1n) is 5.20. The molecule has 0 radical (unpaired) electrons. The largest absolute Gasteiger partial charge is 0.460 e. The molecule has 0 aliphatic rings. The molecule has 88 valence electrons. The van der Waals surface area contributed by atoms with E-state index < -0.39 is 6.10 Å². The third-order valence-corrected chi connectivity index (χ3v) is 1.84. The van der Waals surface area contributed by atoms with Gasteiger partial charge in [0.25, 0.3) is 0 Å². The van der Waals surface area contributed by atoms with Crippen LogP contribution < -0.4 is 0 Å². The van der Waals surface area contributed by atoms with E-state index in [0.717, 1.165) is 19.3 Å². The van der Waals surface area contributed by atoms with Gasteiger partial charge in [-0.25, -0.2) is 4.79 Å². The second-order valence-corrected chi connectivity index (χ2v) is 3.55. The number of aliphatic hydroxyl groups is 2. The summed E-state index contributed by atoms with van der Waals surface area (Å²) in [5.74, 6) is -0.389. The van der Waals surface area contributed by atoms with Gasteiger partial charge in [0, 0.05) is 12.2 Å². The highest BCUT2D eigenvalue weighted by molar-refractivity contribution is 5.87. The lowest BCUT2D eigenvalue weighted by atomic mass is 10.2. The van der Waals surface area contributed by atoms with Gasteiger partial charge in [-0.05, 0) is 33.1 Å². The highest BCUT2D eigenvalue weighted by Crippen LogP contribution is 2.03. The molecule has 0 aromatic rings. The molecule has 0 rings (SSSR count). The molecule has 0 fully saturated rings. The van der Waals surface area contributed by atoms with Crippen LogP contribution in [0.4, 0.5) is 0 Å². The Kier molecular flexibility index (Phi) is 7.95. The second-order valence-electron chi connectivity index (χ2n) is 3.55. The van der Waals surface area contributed by atoms with E-state index in [1.165, 1.54) is 0 Å². The van der Waals surface area contributed by atoms with Crippen LogP contribution in [0.1, 0.15) is 33.1 Å². The van der Waals surface area contributed by atoms with E-state index in [2.05, 4.69) is 0 Å². The minimum Gasteiger partial charge on any atom is -0.460 e. The Balaban J connectivity index is 3.76. The van der Waals surface area contributed by atoms with E-state index in [0.29, 0.717) is 5.57 Å². The van der Waals surface area contributed by atoms with Crippen LogP contribution in [0.3, 0.4) is 0 Å². The molecule has 0 bridgehead atoms. The number of esters is 1. The summed E-state index contributed by atoms with van der Waals surface area (Å²) >= 11 is 0. The van der Waals surface area contributed by atoms with Gasteiger partial charge in [0.2, 0.25) is 0 Å². The molecule has 4 nitrogen and oxygen atoms in total. The summed E-state index contributed by atoms with van der Waals surface area (Å²) in [5, 5.41) is 17.5. The van der Waals surface area contributed by atoms with Gasteiger partial charge in [0.15, 0.2) is 0 Å². The van der Waals surface area contributed by atoms with Crippen LogP contribution in [0.5, 0.6) is 0 Å². The van der Waals surface area contributed by atoms with Crippen molar-refractivity contribution in [3.05, 3.63) is 11.6 Å². The summed E-state index contributed by atoms with van der Waals surface area (Å²) in [6.45, 7) is 3.46. The van der Waals surface area contributed by atoms with Crippen molar-refractivity contribution < 1.29 is 19.7 Å². The maximum atomic E-state index is 11.3. The zero-order valence-corrected chi connectivity index (χ0v) is 9.40. The van der Waals surface area contributed by atoms with Gasteiger partial charge >= 0.3 is 5.97 Å². The van der Waals surface area contributed by atoms with Crippen molar-refractivity contribution >= 4 is 5.97 Å². The van der Waals surface area contributed by atoms with Crippen LogP contribution in [0.25, 0.3) is 0 Å². The van der Waals surface area contributed by atoms with E-state index in [1.807, 2.05) is 0 Å². The Bertz CT molecular complexity index is 209. The molecule has 2 N–H and O–H groups in total. The van der Waals surface area contributed by atoms with Crippen LogP contribution >= 0.6 is 0 Å². The summed E-state index contributed by atoms with van der Waals surface area (Å²) in [6, 6.07) is 0. The smallest absolute Gasteiger partial charge is 0.333 e. The molecule has 0 aromatic carbocycles. The van der Waals surface area contributed by atoms with Gasteiger partial charge in [0.05, 0.1) is 6.10 Å². The molecule has 0 spiro atoms. The number of unbranched alkanes of at least 4 members (excludes halogenated alkanes) is 2. The first kappa shape index (κ1) is 14.1. The Morgan fingerprint density at radius 2 is 2.13 bits per heavy atom. The quantitative estimate of drug-likeness (QED) is 0.379. The molecule has 0 aliphatic carbocycles. The number of ether oxygens (including phenoxy) is 1. The van der Waals surface area contributed by atoms with E-state index in [4.69, 9.17) is 14.9 Å². The molecule has 0 saturated carbocycles. The Labute approximate surface area is 90.6 Å². The fourth-order valence-corrected chi connectivity index (χ4v) is 0.968. The van der Waals surface area contributed by atoms with E-state index in [1.54, 1.807) is 19.9 Å². The van der Waals surface area contributed by atoms with E-state index in [9.17, 15) is 4.79 Å². The minimum atomic E-state index is -0.629. The summed E-state index contributed by atoms with van der Waals surface area (Å²) in [5.41, 5.74) is 0.550. The average molecular weight is 216 g/mol. The average Bonchev–Trinajstić information content (AvgIpc) is 2.20. The summed E-state index contributed by atoms with van der Waals surface area (Å²) < 4.78 is 4.82.